The molecule has 0 atom stereocenters. The van der Waals surface area contributed by atoms with Gasteiger partial charge in [-0.15, -0.1) is 0 Å². The number of halogens is 1. The first-order valence-corrected chi connectivity index (χ1v) is 4.01. The molecule has 1 aliphatic rings. The van der Waals surface area contributed by atoms with Crippen LogP contribution in [-0.2, 0) is 18.0 Å². The second-order valence-corrected chi connectivity index (χ2v) is 3.22. The Morgan fingerprint density at radius 3 is 3.00 bits per heavy atom. The van der Waals surface area contributed by atoms with Gasteiger partial charge in [0.05, 0.1) is 13.2 Å². The lowest BCUT2D eigenvalue weighted by Crippen LogP contribution is -1.81. The number of hydrogen-bond acceptors (Lipinski definition) is 1. The van der Waals surface area contributed by atoms with Gasteiger partial charge in [-0.1, -0.05) is 28.1 Å². The van der Waals surface area contributed by atoms with Crippen LogP contribution >= 0.6 is 15.9 Å². The Morgan fingerprint density at radius 2 is 2.20 bits per heavy atom. The maximum absolute atomic E-state index is 5.27. The standard InChI is InChI=1S/C8H7BrO/c9-8-3-1-2-6-4-10-5-7(6)8/h1-3H,4-5H2. The van der Waals surface area contributed by atoms with Gasteiger partial charge in [0.15, 0.2) is 0 Å². The monoisotopic (exact) mass is 198 g/mol. The predicted molar refractivity (Wildman–Crippen MR) is 42.6 cm³/mol. The highest BCUT2D eigenvalue weighted by molar-refractivity contribution is 9.10. The Kier molecular flexibility index (Phi) is 1.51. The number of ether oxygens (including phenoxy) is 1. The van der Waals surface area contributed by atoms with Gasteiger partial charge in [-0.3, -0.25) is 0 Å². The summed E-state index contributed by atoms with van der Waals surface area (Å²) in [5.41, 5.74) is 2.62. The Labute approximate surface area is 68.1 Å². The van der Waals surface area contributed by atoms with Gasteiger partial charge in [-0.25, -0.2) is 0 Å². The van der Waals surface area contributed by atoms with Crippen molar-refractivity contribution < 1.29 is 4.74 Å². The van der Waals surface area contributed by atoms with Gasteiger partial charge < -0.3 is 4.74 Å². The lowest BCUT2D eigenvalue weighted by atomic mass is 10.1. The zero-order chi connectivity index (χ0) is 6.97. The lowest BCUT2D eigenvalue weighted by Gasteiger charge is -1.96. The number of benzene rings is 1. The highest BCUT2D eigenvalue weighted by Crippen LogP contribution is 2.26. The molecule has 0 fully saturated rings. The first-order chi connectivity index (χ1) is 4.88. The van der Waals surface area contributed by atoms with Crippen molar-refractivity contribution in [3.8, 4) is 0 Å². The van der Waals surface area contributed by atoms with Gasteiger partial charge >= 0.3 is 0 Å². The van der Waals surface area contributed by atoms with E-state index in [0.29, 0.717) is 0 Å². The lowest BCUT2D eigenvalue weighted by molar-refractivity contribution is 0.134. The van der Waals surface area contributed by atoms with E-state index in [0.717, 1.165) is 13.2 Å². The van der Waals surface area contributed by atoms with Crippen molar-refractivity contribution in [3.63, 3.8) is 0 Å². The van der Waals surface area contributed by atoms with Crippen LogP contribution in [0.1, 0.15) is 11.1 Å². The smallest absolute Gasteiger partial charge is 0.0735 e. The molecule has 1 nitrogen and oxygen atoms in total. The van der Waals surface area contributed by atoms with E-state index in [1.807, 2.05) is 12.1 Å². The van der Waals surface area contributed by atoms with Crippen LogP contribution in [0.25, 0.3) is 0 Å². The second-order valence-electron chi connectivity index (χ2n) is 2.37. The summed E-state index contributed by atoms with van der Waals surface area (Å²) in [5.74, 6) is 0. The van der Waals surface area contributed by atoms with Crippen LogP contribution in [0.3, 0.4) is 0 Å². The molecule has 0 aromatic heterocycles. The summed E-state index contributed by atoms with van der Waals surface area (Å²) >= 11 is 3.47. The molecule has 0 unspecified atom stereocenters. The molecule has 2 heteroatoms. The molecule has 0 bridgehead atoms. The molecule has 1 heterocycles. The van der Waals surface area contributed by atoms with E-state index in [1.165, 1.54) is 15.6 Å². The Bertz CT molecular complexity index is 257. The number of hydrogen-bond donors (Lipinski definition) is 0. The quantitative estimate of drug-likeness (QED) is 0.623. The Morgan fingerprint density at radius 1 is 1.30 bits per heavy atom. The van der Waals surface area contributed by atoms with E-state index in [-0.39, 0.29) is 0 Å². The summed E-state index contributed by atoms with van der Waals surface area (Å²) < 4.78 is 6.43. The minimum absolute atomic E-state index is 0.761. The molecule has 10 heavy (non-hydrogen) atoms. The second kappa shape index (κ2) is 2.36. The summed E-state index contributed by atoms with van der Waals surface area (Å²) in [4.78, 5) is 0. The summed E-state index contributed by atoms with van der Waals surface area (Å²) in [6, 6.07) is 6.19. The number of rotatable bonds is 0. The highest BCUT2D eigenvalue weighted by Gasteiger charge is 2.12. The Balaban J connectivity index is 2.59. The summed E-state index contributed by atoms with van der Waals surface area (Å²) in [6.07, 6.45) is 0. The molecule has 0 spiro atoms. The summed E-state index contributed by atoms with van der Waals surface area (Å²) in [6.45, 7) is 1.53. The fourth-order valence-corrected chi connectivity index (χ4v) is 1.68. The minimum Gasteiger partial charge on any atom is -0.372 e. The molecule has 0 amide bonds. The van der Waals surface area contributed by atoms with E-state index in [9.17, 15) is 0 Å². The maximum atomic E-state index is 5.27. The van der Waals surface area contributed by atoms with E-state index in [2.05, 4.69) is 22.0 Å². The fourth-order valence-electron chi connectivity index (χ4n) is 1.16. The van der Waals surface area contributed by atoms with Crippen molar-refractivity contribution in [1.29, 1.82) is 0 Å². The highest BCUT2D eigenvalue weighted by atomic mass is 79.9. The van der Waals surface area contributed by atoms with Crippen LogP contribution < -0.4 is 0 Å². The molecule has 0 saturated carbocycles. The molecular formula is C8H7BrO. The van der Waals surface area contributed by atoms with Gasteiger partial charge in [0.1, 0.15) is 0 Å². The molecular weight excluding hydrogens is 192 g/mol. The van der Waals surface area contributed by atoms with E-state index in [4.69, 9.17) is 4.74 Å². The van der Waals surface area contributed by atoms with E-state index >= 15 is 0 Å². The topological polar surface area (TPSA) is 9.23 Å². The van der Waals surface area contributed by atoms with Crippen LogP contribution in [0.4, 0.5) is 0 Å². The normalized spacial score (nSPS) is 15.3. The predicted octanol–water partition coefficient (Wildman–Crippen LogP) is 2.48. The van der Waals surface area contributed by atoms with Crippen molar-refractivity contribution >= 4 is 15.9 Å². The third-order valence-electron chi connectivity index (χ3n) is 1.72. The van der Waals surface area contributed by atoms with Gasteiger partial charge in [-0.05, 0) is 17.2 Å². The summed E-state index contributed by atoms with van der Waals surface area (Å²) in [5, 5.41) is 0. The van der Waals surface area contributed by atoms with Crippen molar-refractivity contribution in [1.82, 2.24) is 0 Å². The van der Waals surface area contributed by atoms with Crippen LogP contribution in [0.5, 0.6) is 0 Å². The Hall–Kier alpha value is -0.340. The third-order valence-corrected chi connectivity index (χ3v) is 2.46. The van der Waals surface area contributed by atoms with Crippen LogP contribution in [0.2, 0.25) is 0 Å². The van der Waals surface area contributed by atoms with Crippen molar-refractivity contribution in [2.75, 3.05) is 0 Å². The van der Waals surface area contributed by atoms with Gasteiger partial charge in [0.2, 0.25) is 0 Å². The molecule has 1 aliphatic heterocycles. The van der Waals surface area contributed by atoms with Crippen LogP contribution in [0.15, 0.2) is 22.7 Å². The zero-order valence-electron chi connectivity index (χ0n) is 5.43. The summed E-state index contributed by atoms with van der Waals surface area (Å²) in [7, 11) is 0. The zero-order valence-corrected chi connectivity index (χ0v) is 7.02. The molecule has 0 radical (unpaired) electrons. The first kappa shape index (κ1) is 6.38. The molecule has 0 N–H and O–H groups in total. The minimum atomic E-state index is 0.761. The molecule has 2 rings (SSSR count). The van der Waals surface area contributed by atoms with E-state index < -0.39 is 0 Å². The SMILES string of the molecule is Brc1cccc2c1COC2. The van der Waals surface area contributed by atoms with E-state index in [1.54, 1.807) is 0 Å². The van der Waals surface area contributed by atoms with Gasteiger partial charge in [0.25, 0.3) is 0 Å². The molecule has 52 valence electrons. The fraction of sp³-hybridized carbons (Fsp3) is 0.250. The van der Waals surface area contributed by atoms with Crippen LogP contribution in [0, 0.1) is 0 Å². The molecule has 1 aromatic rings. The van der Waals surface area contributed by atoms with Crippen molar-refractivity contribution in [3.05, 3.63) is 33.8 Å². The van der Waals surface area contributed by atoms with Gasteiger partial charge in [-0.2, -0.15) is 0 Å². The van der Waals surface area contributed by atoms with Crippen molar-refractivity contribution in [2.24, 2.45) is 0 Å². The average Bonchev–Trinajstić information content (AvgIpc) is 2.36. The number of fused-ring (bicyclic) bond motifs is 1. The molecule has 1 aromatic carbocycles. The molecule has 0 aliphatic carbocycles. The molecule has 0 saturated heterocycles. The maximum Gasteiger partial charge on any atom is 0.0735 e. The van der Waals surface area contributed by atoms with Gasteiger partial charge in [0, 0.05) is 4.47 Å². The van der Waals surface area contributed by atoms with Crippen LogP contribution in [-0.4, -0.2) is 0 Å². The average molecular weight is 199 g/mol. The van der Waals surface area contributed by atoms with Crippen molar-refractivity contribution in [2.45, 2.75) is 13.2 Å². The first-order valence-electron chi connectivity index (χ1n) is 3.22. The third kappa shape index (κ3) is 0.879. The largest absolute Gasteiger partial charge is 0.372 e.